The fourth-order valence-corrected chi connectivity index (χ4v) is 2.86. The van der Waals surface area contributed by atoms with Gasteiger partial charge in [0.2, 0.25) is 5.91 Å². The molecule has 0 saturated carbocycles. The second-order valence-electron chi connectivity index (χ2n) is 5.64. The van der Waals surface area contributed by atoms with Crippen LogP contribution in [-0.2, 0) is 16.1 Å². The molecule has 2 N–H and O–H groups in total. The molecule has 0 radical (unpaired) electrons. The van der Waals surface area contributed by atoms with Crippen LogP contribution in [0.1, 0.15) is 15.9 Å². The minimum Gasteiger partial charge on any atom is -0.478 e. The van der Waals surface area contributed by atoms with Crippen molar-refractivity contribution in [2.24, 2.45) is 5.92 Å². The molecule has 1 amide bonds. The summed E-state index contributed by atoms with van der Waals surface area (Å²) in [7, 11) is 0. The third kappa shape index (κ3) is 3.22. The van der Waals surface area contributed by atoms with E-state index in [1.54, 1.807) is 12.1 Å². The molecule has 6 heteroatoms. The summed E-state index contributed by atoms with van der Waals surface area (Å²) in [5.74, 6) is -0.977. The maximum Gasteiger partial charge on any atom is 0.335 e. The number of carbonyl (C=O) groups is 2. The van der Waals surface area contributed by atoms with Gasteiger partial charge in [0, 0.05) is 19.6 Å². The molecule has 0 spiro atoms. The third-order valence-electron chi connectivity index (χ3n) is 3.92. The second kappa shape index (κ2) is 5.83. The van der Waals surface area contributed by atoms with E-state index in [1.165, 1.54) is 0 Å². The van der Waals surface area contributed by atoms with Crippen molar-refractivity contribution < 1.29 is 19.4 Å². The first kappa shape index (κ1) is 14.0. The first-order chi connectivity index (χ1) is 10.1. The average Bonchev–Trinajstić information content (AvgIpc) is 2.68. The Hall–Kier alpha value is -1.92. The summed E-state index contributed by atoms with van der Waals surface area (Å²) in [6.07, 6.45) is 0. The van der Waals surface area contributed by atoms with Crippen molar-refractivity contribution in [1.29, 1.82) is 0 Å². The van der Waals surface area contributed by atoms with Gasteiger partial charge in [0.1, 0.15) is 0 Å². The highest BCUT2D eigenvalue weighted by Gasteiger charge is 2.32. The van der Waals surface area contributed by atoms with E-state index >= 15 is 0 Å². The van der Waals surface area contributed by atoms with Gasteiger partial charge in [-0.2, -0.15) is 0 Å². The number of carboxylic acids is 1. The maximum atomic E-state index is 11.9. The molecule has 2 bridgehead atoms. The summed E-state index contributed by atoms with van der Waals surface area (Å²) in [4.78, 5) is 25.0. The minimum absolute atomic E-state index is 0.0308. The van der Waals surface area contributed by atoms with Crippen LogP contribution in [0.2, 0.25) is 0 Å². The molecule has 2 aliphatic heterocycles. The number of carboxylic acid groups (broad SMARTS) is 1. The van der Waals surface area contributed by atoms with Gasteiger partial charge in [-0.05, 0) is 17.7 Å². The van der Waals surface area contributed by atoms with Gasteiger partial charge in [-0.25, -0.2) is 4.79 Å². The smallest absolute Gasteiger partial charge is 0.335 e. The van der Waals surface area contributed by atoms with Gasteiger partial charge < -0.3 is 15.2 Å². The first-order valence-electron chi connectivity index (χ1n) is 7.04. The molecule has 112 valence electrons. The van der Waals surface area contributed by atoms with Crippen LogP contribution < -0.4 is 5.32 Å². The van der Waals surface area contributed by atoms with Crippen molar-refractivity contribution >= 4 is 11.9 Å². The van der Waals surface area contributed by atoms with Crippen LogP contribution >= 0.6 is 0 Å². The van der Waals surface area contributed by atoms with E-state index in [4.69, 9.17) is 9.84 Å². The third-order valence-corrected chi connectivity index (χ3v) is 3.92. The highest BCUT2D eigenvalue weighted by molar-refractivity contribution is 5.87. The summed E-state index contributed by atoms with van der Waals surface area (Å²) >= 11 is 0. The monoisotopic (exact) mass is 290 g/mol. The predicted octanol–water partition coefficient (Wildman–Crippen LogP) is 0.332. The van der Waals surface area contributed by atoms with Crippen LogP contribution in [0.4, 0.5) is 0 Å². The zero-order chi connectivity index (χ0) is 14.8. The molecule has 2 saturated heterocycles. The molecule has 6 nitrogen and oxygen atoms in total. The van der Waals surface area contributed by atoms with Gasteiger partial charge in [-0.1, -0.05) is 12.1 Å². The Morgan fingerprint density at radius 2 is 2.05 bits per heavy atom. The average molecular weight is 290 g/mol. The van der Waals surface area contributed by atoms with Crippen LogP contribution in [0.15, 0.2) is 24.3 Å². The Balaban J connectivity index is 1.69. The number of hydrogen-bond acceptors (Lipinski definition) is 4. The topological polar surface area (TPSA) is 78.9 Å². The number of aromatic carboxylic acids is 1. The van der Waals surface area contributed by atoms with E-state index in [2.05, 4.69) is 10.2 Å². The van der Waals surface area contributed by atoms with Crippen molar-refractivity contribution in [2.45, 2.75) is 12.6 Å². The van der Waals surface area contributed by atoms with Gasteiger partial charge in [0.05, 0.1) is 30.7 Å². The highest BCUT2D eigenvalue weighted by Crippen LogP contribution is 2.16. The lowest BCUT2D eigenvalue weighted by molar-refractivity contribution is -0.125. The highest BCUT2D eigenvalue weighted by atomic mass is 16.5. The van der Waals surface area contributed by atoms with Gasteiger partial charge in [-0.3, -0.25) is 9.69 Å². The Kier molecular flexibility index (Phi) is 3.90. The maximum absolute atomic E-state index is 11.9. The lowest BCUT2D eigenvalue weighted by Gasteiger charge is -2.27. The predicted molar refractivity (Wildman–Crippen MR) is 74.9 cm³/mol. The molecular weight excluding hydrogens is 272 g/mol. The molecule has 2 atom stereocenters. The number of fused-ring (bicyclic) bond motifs is 3. The van der Waals surface area contributed by atoms with Crippen LogP contribution in [0.25, 0.3) is 0 Å². The molecule has 2 fully saturated rings. The number of amides is 1. The Labute approximate surface area is 122 Å². The second-order valence-corrected chi connectivity index (χ2v) is 5.64. The van der Waals surface area contributed by atoms with E-state index in [0.29, 0.717) is 26.3 Å². The van der Waals surface area contributed by atoms with E-state index in [9.17, 15) is 9.59 Å². The quantitative estimate of drug-likeness (QED) is 0.839. The fraction of sp³-hybridized carbons (Fsp3) is 0.467. The molecule has 1 aromatic carbocycles. The fourth-order valence-electron chi connectivity index (χ4n) is 2.86. The number of carbonyl (C=O) groups excluding carboxylic acids is 1. The lowest BCUT2D eigenvalue weighted by atomic mass is 10.1. The van der Waals surface area contributed by atoms with E-state index in [0.717, 1.165) is 12.1 Å². The van der Waals surface area contributed by atoms with Crippen molar-refractivity contribution in [3.63, 3.8) is 0 Å². The molecule has 2 heterocycles. The molecule has 0 aromatic heterocycles. The molecule has 1 aromatic rings. The lowest BCUT2D eigenvalue weighted by Crippen LogP contribution is -2.41. The first-order valence-corrected chi connectivity index (χ1v) is 7.04. The van der Waals surface area contributed by atoms with Crippen molar-refractivity contribution in [3.8, 4) is 0 Å². The number of benzene rings is 1. The Morgan fingerprint density at radius 1 is 1.29 bits per heavy atom. The van der Waals surface area contributed by atoms with Gasteiger partial charge in [0.25, 0.3) is 0 Å². The van der Waals surface area contributed by atoms with Crippen molar-refractivity contribution in [3.05, 3.63) is 35.4 Å². The number of ether oxygens (including phenoxy) is 1. The van der Waals surface area contributed by atoms with Crippen LogP contribution in [0.3, 0.4) is 0 Å². The van der Waals surface area contributed by atoms with E-state index in [-0.39, 0.29) is 23.4 Å². The Morgan fingerprint density at radius 3 is 2.76 bits per heavy atom. The van der Waals surface area contributed by atoms with Gasteiger partial charge >= 0.3 is 5.97 Å². The summed E-state index contributed by atoms with van der Waals surface area (Å²) in [5.41, 5.74) is 1.34. The molecule has 0 unspecified atom stereocenters. The normalized spacial score (nSPS) is 26.0. The number of hydrogen-bond donors (Lipinski definition) is 2. The van der Waals surface area contributed by atoms with E-state index < -0.39 is 5.97 Å². The summed E-state index contributed by atoms with van der Waals surface area (Å²) < 4.78 is 5.50. The van der Waals surface area contributed by atoms with Crippen LogP contribution in [0.5, 0.6) is 0 Å². The van der Waals surface area contributed by atoms with Crippen molar-refractivity contribution in [1.82, 2.24) is 10.2 Å². The zero-order valence-corrected chi connectivity index (χ0v) is 11.6. The zero-order valence-electron chi connectivity index (χ0n) is 11.6. The summed E-state index contributed by atoms with van der Waals surface area (Å²) in [5, 5.41) is 11.9. The van der Waals surface area contributed by atoms with Crippen molar-refractivity contribution in [2.75, 3.05) is 26.3 Å². The largest absolute Gasteiger partial charge is 0.478 e. The van der Waals surface area contributed by atoms with Gasteiger partial charge in [-0.15, -0.1) is 0 Å². The number of nitrogens with one attached hydrogen (secondary N) is 1. The molecule has 2 aliphatic rings. The SMILES string of the molecule is O=C(O)c1ccc(CN2C[C@H]3COC[C@@H](C2)C(=O)N3)cc1. The molecule has 0 aliphatic carbocycles. The molecular formula is C15H18N2O4. The summed E-state index contributed by atoms with van der Waals surface area (Å²) in [6.45, 7) is 3.15. The van der Waals surface area contributed by atoms with Crippen LogP contribution in [0, 0.1) is 5.92 Å². The number of nitrogens with zero attached hydrogens (tertiary/aromatic N) is 1. The molecule has 21 heavy (non-hydrogen) atoms. The van der Waals surface area contributed by atoms with Crippen LogP contribution in [-0.4, -0.2) is 54.2 Å². The Bertz CT molecular complexity index is 543. The minimum atomic E-state index is -0.919. The number of rotatable bonds is 3. The van der Waals surface area contributed by atoms with E-state index in [1.807, 2.05) is 12.1 Å². The van der Waals surface area contributed by atoms with Gasteiger partial charge in [0.15, 0.2) is 0 Å². The summed E-state index contributed by atoms with van der Waals surface area (Å²) in [6, 6.07) is 6.92. The standard InChI is InChI=1S/C15H18N2O4/c18-14-12-6-17(7-13(16-14)9-21-8-12)5-10-1-3-11(4-2-10)15(19)20/h1-4,12-13H,5-9H2,(H,16,18)(H,19,20)/t12-,13+/m1/s1. The molecule has 3 rings (SSSR count).